The summed E-state index contributed by atoms with van der Waals surface area (Å²) in [5, 5.41) is 2.72. The van der Waals surface area contributed by atoms with E-state index in [-0.39, 0.29) is 5.95 Å². The third-order valence-electron chi connectivity index (χ3n) is 2.88. The first-order valence-electron chi connectivity index (χ1n) is 7.32. The van der Waals surface area contributed by atoms with Crippen molar-refractivity contribution in [3.63, 3.8) is 0 Å². The van der Waals surface area contributed by atoms with E-state index in [4.69, 9.17) is 10.5 Å². The molecule has 0 spiro atoms. The Balaban J connectivity index is 1.89. The highest BCUT2D eigenvalue weighted by Gasteiger charge is 2.15. The maximum atomic E-state index is 11.5. The second-order valence-corrected chi connectivity index (χ2v) is 6.84. The fourth-order valence-corrected chi connectivity index (χ4v) is 2.55. The number of carbonyl (C=O) groups excluding carboxylic acids is 1. The summed E-state index contributed by atoms with van der Waals surface area (Å²) in [6.45, 7) is 6.01. The van der Waals surface area contributed by atoms with Gasteiger partial charge in [-0.15, -0.1) is 0 Å². The summed E-state index contributed by atoms with van der Waals surface area (Å²) in [7, 11) is 0. The van der Waals surface area contributed by atoms with Crippen molar-refractivity contribution in [2.24, 2.45) is 0 Å². The fourth-order valence-electron chi connectivity index (χ4n) is 2.00. The number of aromatic amines is 1. The molecule has 0 aliphatic heterocycles. The van der Waals surface area contributed by atoms with Crippen molar-refractivity contribution in [2.45, 2.75) is 43.6 Å². The molecule has 2 aromatic heterocycles. The lowest BCUT2D eigenvalue weighted by Crippen LogP contribution is -2.33. The van der Waals surface area contributed by atoms with E-state index in [2.05, 4.69) is 47.8 Å². The van der Waals surface area contributed by atoms with Gasteiger partial charge in [-0.25, -0.2) is 14.8 Å². The molecule has 0 aliphatic rings. The molecule has 0 atom stereocenters. The van der Waals surface area contributed by atoms with Gasteiger partial charge in [-0.3, -0.25) is 0 Å². The second kappa shape index (κ2) is 7.28. The normalized spacial score (nSPS) is 11.7. The zero-order valence-electron chi connectivity index (χ0n) is 13.4. The molecule has 0 aliphatic carbocycles. The highest BCUT2D eigenvalue weighted by molar-refractivity contribution is 14.1. The van der Waals surface area contributed by atoms with Crippen LogP contribution in [0.3, 0.4) is 0 Å². The number of nitrogens with zero attached hydrogens (tertiary/aromatic N) is 3. The molecule has 1 amide bonds. The zero-order valence-corrected chi connectivity index (χ0v) is 15.6. The Morgan fingerprint density at radius 3 is 2.74 bits per heavy atom. The Kier molecular flexibility index (Phi) is 5.60. The standard InChI is InChI=1S/C14H21IN6O2/c1-14(2,3)23-13(22)17-6-4-5-9-19-10-8(7-15)18-12(16)21-11(10)20-9/h4-7H2,1-3H3,(H,17,22)(H3,16,18,19,20,21). The van der Waals surface area contributed by atoms with Gasteiger partial charge in [0.05, 0.1) is 5.69 Å². The summed E-state index contributed by atoms with van der Waals surface area (Å²) < 4.78 is 5.90. The first-order chi connectivity index (χ1) is 10.8. The summed E-state index contributed by atoms with van der Waals surface area (Å²) in [5.41, 5.74) is 7.44. The third kappa shape index (κ3) is 5.19. The summed E-state index contributed by atoms with van der Waals surface area (Å²) >= 11 is 2.22. The molecule has 0 radical (unpaired) electrons. The van der Waals surface area contributed by atoms with Crippen molar-refractivity contribution in [2.75, 3.05) is 12.3 Å². The highest BCUT2D eigenvalue weighted by Crippen LogP contribution is 2.17. The number of hydrogen-bond donors (Lipinski definition) is 3. The number of carbonyl (C=O) groups is 1. The Bertz CT molecular complexity index is 694. The predicted octanol–water partition coefficient (Wildman–Crippen LogP) is 2.33. The average Bonchev–Trinajstić information content (AvgIpc) is 2.83. The van der Waals surface area contributed by atoms with E-state index in [9.17, 15) is 4.79 Å². The number of ether oxygens (including phenoxy) is 1. The van der Waals surface area contributed by atoms with Crippen LogP contribution in [0, 0.1) is 0 Å². The molecule has 2 heterocycles. The molecule has 0 unspecified atom stereocenters. The second-order valence-electron chi connectivity index (χ2n) is 6.08. The number of aromatic nitrogens is 4. The van der Waals surface area contributed by atoms with Crippen molar-refractivity contribution >= 4 is 45.8 Å². The van der Waals surface area contributed by atoms with E-state index < -0.39 is 11.7 Å². The van der Waals surface area contributed by atoms with Crippen LogP contribution in [-0.4, -0.2) is 38.2 Å². The summed E-state index contributed by atoms with van der Waals surface area (Å²) in [4.78, 5) is 27.5. The van der Waals surface area contributed by atoms with E-state index in [1.165, 1.54) is 0 Å². The van der Waals surface area contributed by atoms with Gasteiger partial charge >= 0.3 is 6.09 Å². The van der Waals surface area contributed by atoms with Crippen LogP contribution < -0.4 is 11.1 Å². The van der Waals surface area contributed by atoms with E-state index in [1.807, 2.05) is 20.8 Å². The van der Waals surface area contributed by atoms with Crippen LogP contribution >= 0.6 is 22.6 Å². The summed E-state index contributed by atoms with van der Waals surface area (Å²) in [6, 6.07) is 0. The Labute approximate surface area is 148 Å². The molecule has 0 bridgehead atoms. The van der Waals surface area contributed by atoms with E-state index in [0.717, 1.165) is 27.9 Å². The minimum Gasteiger partial charge on any atom is -0.444 e. The van der Waals surface area contributed by atoms with Crippen LogP contribution in [0.1, 0.15) is 38.7 Å². The molecule has 0 saturated heterocycles. The van der Waals surface area contributed by atoms with Gasteiger partial charge in [-0.05, 0) is 27.2 Å². The predicted molar refractivity (Wildman–Crippen MR) is 96.4 cm³/mol. The number of amides is 1. The Morgan fingerprint density at radius 1 is 1.35 bits per heavy atom. The number of alkyl halides is 1. The average molecular weight is 432 g/mol. The first-order valence-corrected chi connectivity index (χ1v) is 8.85. The zero-order chi connectivity index (χ0) is 17.0. The van der Waals surface area contributed by atoms with Crippen molar-refractivity contribution in [3.05, 3.63) is 11.5 Å². The van der Waals surface area contributed by atoms with Crippen LogP contribution in [-0.2, 0) is 15.6 Å². The van der Waals surface area contributed by atoms with E-state index in [1.54, 1.807) is 0 Å². The number of hydrogen-bond acceptors (Lipinski definition) is 6. The number of imidazole rings is 1. The van der Waals surface area contributed by atoms with E-state index >= 15 is 0 Å². The number of halogens is 1. The Hall–Kier alpha value is -1.65. The Morgan fingerprint density at radius 2 is 2.09 bits per heavy atom. The number of anilines is 1. The van der Waals surface area contributed by atoms with Crippen LogP contribution in [0.15, 0.2) is 0 Å². The molecule has 23 heavy (non-hydrogen) atoms. The lowest BCUT2D eigenvalue weighted by molar-refractivity contribution is 0.0527. The van der Waals surface area contributed by atoms with Gasteiger partial charge in [0.25, 0.3) is 0 Å². The smallest absolute Gasteiger partial charge is 0.407 e. The van der Waals surface area contributed by atoms with Crippen LogP contribution in [0.2, 0.25) is 0 Å². The van der Waals surface area contributed by atoms with Crippen molar-refractivity contribution < 1.29 is 9.53 Å². The number of aryl methyl sites for hydroxylation is 1. The number of alkyl carbamates (subject to hydrolysis) is 1. The molecule has 2 rings (SSSR count). The molecule has 126 valence electrons. The summed E-state index contributed by atoms with van der Waals surface area (Å²) in [6.07, 6.45) is 1.02. The van der Waals surface area contributed by atoms with Crippen LogP contribution in [0.5, 0.6) is 0 Å². The number of H-pyrrole nitrogens is 1. The van der Waals surface area contributed by atoms with Gasteiger partial charge in [0, 0.05) is 17.4 Å². The lowest BCUT2D eigenvalue weighted by atomic mass is 10.2. The molecular formula is C14H21IN6O2. The molecule has 2 aromatic rings. The van der Waals surface area contributed by atoms with Crippen LogP contribution in [0.4, 0.5) is 10.7 Å². The number of nitrogen functional groups attached to an aromatic ring is 1. The number of nitrogens with one attached hydrogen (secondary N) is 2. The topological polar surface area (TPSA) is 119 Å². The quantitative estimate of drug-likeness (QED) is 0.379. The van der Waals surface area contributed by atoms with Crippen molar-refractivity contribution in [3.8, 4) is 0 Å². The van der Waals surface area contributed by atoms with Gasteiger partial charge in [-0.1, -0.05) is 22.6 Å². The number of nitrogens with two attached hydrogens (primary N) is 1. The van der Waals surface area contributed by atoms with Gasteiger partial charge in [0.15, 0.2) is 5.65 Å². The first kappa shape index (κ1) is 17.7. The third-order valence-corrected chi connectivity index (χ3v) is 3.60. The van der Waals surface area contributed by atoms with Gasteiger partial charge in [0.2, 0.25) is 5.95 Å². The van der Waals surface area contributed by atoms with Gasteiger partial charge in [0.1, 0.15) is 16.9 Å². The van der Waals surface area contributed by atoms with E-state index in [0.29, 0.717) is 18.6 Å². The van der Waals surface area contributed by atoms with Gasteiger partial charge < -0.3 is 20.8 Å². The minimum absolute atomic E-state index is 0.230. The molecule has 4 N–H and O–H groups in total. The maximum absolute atomic E-state index is 11.5. The SMILES string of the molecule is CC(C)(C)OC(=O)NCCCc1nc2nc(N)nc(CI)c2[nH]1. The molecule has 8 nitrogen and oxygen atoms in total. The molecule has 0 saturated carbocycles. The van der Waals surface area contributed by atoms with Crippen molar-refractivity contribution in [1.29, 1.82) is 0 Å². The van der Waals surface area contributed by atoms with Gasteiger partial charge in [-0.2, -0.15) is 4.98 Å². The van der Waals surface area contributed by atoms with Crippen molar-refractivity contribution in [1.82, 2.24) is 25.3 Å². The fraction of sp³-hybridized carbons (Fsp3) is 0.571. The maximum Gasteiger partial charge on any atom is 0.407 e. The van der Waals surface area contributed by atoms with Crippen LogP contribution in [0.25, 0.3) is 11.2 Å². The molecule has 0 aromatic carbocycles. The highest BCUT2D eigenvalue weighted by atomic mass is 127. The number of rotatable bonds is 5. The number of fused-ring (bicyclic) bond motifs is 1. The lowest BCUT2D eigenvalue weighted by Gasteiger charge is -2.19. The molecular weight excluding hydrogens is 411 g/mol. The minimum atomic E-state index is -0.489. The monoisotopic (exact) mass is 432 g/mol. The summed E-state index contributed by atoms with van der Waals surface area (Å²) in [5.74, 6) is 1.03. The molecule has 0 fully saturated rings. The largest absolute Gasteiger partial charge is 0.444 e. The molecule has 9 heteroatoms.